The molecular formula is C85H145N27O24. The number of phenols is 1. The van der Waals surface area contributed by atoms with Crippen LogP contribution in [0.5, 0.6) is 5.75 Å². The fraction of sp³-hybridized carbons (Fsp3) is 0.659. The first-order valence-electron chi connectivity index (χ1n) is 45.1. The van der Waals surface area contributed by atoms with Gasteiger partial charge in [0, 0.05) is 13.3 Å². The highest BCUT2D eigenvalue weighted by atomic mass is 16.3. The molecule has 23 amide bonds. The zero-order valence-corrected chi connectivity index (χ0v) is 80.4. The molecule has 764 valence electrons. The number of nitrogens with one attached hydrogen (secondary N) is 22. The van der Waals surface area contributed by atoms with Gasteiger partial charge < -0.3 is 151 Å². The summed E-state index contributed by atoms with van der Waals surface area (Å²) in [5.41, 5.74) is 28.7. The molecule has 21 atom stereocenters. The molecule has 0 aliphatic heterocycles. The van der Waals surface area contributed by atoms with Crippen LogP contribution in [0.1, 0.15) is 200 Å². The third-order valence-electron chi connectivity index (χ3n) is 20.9. The maximum Gasteiger partial charge on any atom is 0.243 e. The molecule has 51 nitrogen and oxygen atoms in total. The van der Waals surface area contributed by atoms with Crippen molar-refractivity contribution in [2.45, 2.75) is 328 Å². The minimum atomic E-state index is -1.36. The van der Waals surface area contributed by atoms with Crippen molar-refractivity contribution in [3.8, 4) is 5.75 Å². The minimum Gasteiger partial charge on any atom is -0.508 e. The normalized spacial score (nSPS) is 15.6. The summed E-state index contributed by atoms with van der Waals surface area (Å²) < 4.78 is 0. The summed E-state index contributed by atoms with van der Waals surface area (Å²) in [6.07, 6.45) is 3.15. The summed E-state index contributed by atoms with van der Waals surface area (Å²) in [7, 11) is 0. The number of phenolic OH excluding ortho intramolecular Hbond substituents is 1. The van der Waals surface area contributed by atoms with E-state index in [2.05, 4.69) is 117 Å². The summed E-state index contributed by atoms with van der Waals surface area (Å²) in [6, 6.07) is -21.1. The molecule has 0 fully saturated rings. The van der Waals surface area contributed by atoms with Crippen molar-refractivity contribution in [2.24, 2.45) is 28.7 Å². The van der Waals surface area contributed by atoms with Gasteiger partial charge in [-0.3, -0.25) is 110 Å². The molecule has 33 N–H and O–H groups in total. The number of hydrogen-bond acceptors (Lipinski definition) is 28. The Hall–Kier alpha value is -13.3. The Morgan fingerprint density at radius 1 is 0.235 bits per heavy atom. The van der Waals surface area contributed by atoms with Crippen molar-refractivity contribution in [3.63, 3.8) is 0 Å². The molecule has 0 bridgehead atoms. The lowest BCUT2D eigenvalue weighted by Crippen LogP contribution is -2.59. The fourth-order valence-electron chi connectivity index (χ4n) is 12.2. The van der Waals surface area contributed by atoms with Gasteiger partial charge in [-0.05, 0) is 232 Å². The Morgan fingerprint density at radius 2 is 0.412 bits per heavy atom. The number of aromatic hydroxyl groups is 1. The van der Waals surface area contributed by atoms with E-state index in [4.69, 9.17) is 28.7 Å². The lowest BCUT2D eigenvalue weighted by atomic mass is 10.1. The molecule has 0 aliphatic rings. The quantitative estimate of drug-likeness (QED) is 0.0269. The van der Waals surface area contributed by atoms with Gasteiger partial charge in [-0.25, -0.2) is 0 Å². The third kappa shape index (κ3) is 46.1. The van der Waals surface area contributed by atoms with Gasteiger partial charge in [0.2, 0.25) is 136 Å². The first kappa shape index (κ1) is 121. The number of carbonyl (C=O) groups is 23. The summed E-state index contributed by atoms with van der Waals surface area (Å²) in [6.45, 7) is 22.3. The minimum absolute atomic E-state index is 0.000705. The first-order chi connectivity index (χ1) is 63.6. The van der Waals surface area contributed by atoms with Crippen LogP contribution < -0.4 is 146 Å². The molecule has 51 heteroatoms. The van der Waals surface area contributed by atoms with Gasteiger partial charge in [-0.1, -0.05) is 12.1 Å². The number of unbranched alkanes of at least 4 members (excludes halogenated alkanes) is 4. The number of nitrogens with two attached hydrogens (primary N) is 5. The van der Waals surface area contributed by atoms with E-state index in [0.717, 1.165) is 0 Å². The predicted octanol–water partition coefficient (Wildman–Crippen LogP) is -10.4. The predicted molar refractivity (Wildman–Crippen MR) is 493 cm³/mol. The highest BCUT2D eigenvalue weighted by Gasteiger charge is 2.37. The number of primary amides is 1. The van der Waals surface area contributed by atoms with Crippen LogP contribution >= 0.6 is 0 Å². The second-order valence-electron chi connectivity index (χ2n) is 33.4. The van der Waals surface area contributed by atoms with Crippen LogP contribution in [-0.4, -0.2) is 301 Å². The number of hydrogen-bond donors (Lipinski definition) is 28. The lowest BCUT2D eigenvalue weighted by molar-refractivity contribution is -0.135. The molecule has 0 heterocycles. The second kappa shape index (κ2) is 62.3. The molecule has 0 radical (unpaired) electrons. The molecule has 0 aromatic heterocycles. The van der Waals surface area contributed by atoms with Gasteiger partial charge in [-0.15, -0.1) is 0 Å². The molecule has 0 aliphatic carbocycles. The smallest absolute Gasteiger partial charge is 0.243 e. The molecule has 0 saturated heterocycles. The average molecular weight is 1930 g/mol. The molecular weight excluding hydrogens is 1780 g/mol. The molecule has 0 saturated carbocycles. The lowest BCUT2D eigenvalue weighted by Gasteiger charge is -2.25. The number of benzene rings is 1. The molecule has 1 aromatic carbocycles. The maximum atomic E-state index is 13.8. The van der Waals surface area contributed by atoms with Crippen LogP contribution in [0.15, 0.2) is 24.3 Å². The number of carbonyl (C=O) groups excluding carboxylic acids is 23. The van der Waals surface area contributed by atoms with Crippen LogP contribution in [0.4, 0.5) is 0 Å². The van der Waals surface area contributed by atoms with Gasteiger partial charge in [0.15, 0.2) is 0 Å². The van der Waals surface area contributed by atoms with Gasteiger partial charge >= 0.3 is 0 Å². The first-order valence-corrected chi connectivity index (χ1v) is 45.1. The summed E-state index contributed by atoms with van der Waals surface area (Å²) in [5, 5.41) is 63.4. The Morgan fingerprint density at radius 3 is 0.596 bits per heavy atom. The molecule has 136 heavy (non-hydrogen) atoms. The van der Waals surface area contributed by atoms with E-state index >= 15 is 0 Å². The highest BCUT2D eigenvalue weighted by Crippen LogP contribution is 2.13. The average Bonchev–Trinajstić information content (AvgIpc) is 0.838. The van der Waals surface area contributed by atoms with Crippen molar-refractivity contribution in [3.05, 3.63) is 29.8 Å². The Kier molecular flexibility index (Phi) is 55.3. The Labute approximate surface area is 790 Å². The van der Waals surface area contributed by atoms with Crippen LogP contribution in [0.3, 0.4) is 0 Å². The van der Waals surface area contributed by atoms with E-state index < -0.39 is 269 Å². The standard InChI is InChI=1S/C85H145N27O24/c1-40(66(117)91-39-64(115)108-63(65(90)116)38-57-30-32-58(114)33-31-57)93-74(125)48(9)104-82(133)59(26-18-22-34-86)110-79(130)53(14)101-71(122)45(6)94-69(120)43(4)98-76(127)50(11)106-84(135)61(28-20-24-36-88)112-81(132)55(16)103-73(124)47(8)96-70(121)44(5)99-77(128)51(12)107-85(136)62(29-21-25-37-89)111-80(131)54(15)102-72(123)46(7)95-68(119)42(3)97-75(126)49(10)105-83(134)60(27-19-23-35-87)109-78(129)52(13)100-67(118)41(2)92-56(17)113/h30-33,40-55,59-63,114H,18-29,34-39,86-89H2,1-17H3,(H2,90,116)(H,91,117)(H,92,113)(H,93,125)(H,94,120)(H,95,119)(H,96,121)(H,97,126)(H,98,127)(H,99,128)(H,100,118)(H,101,122)(H,102,123)(H,103,124)(H,104,133)(H,105,134)(H,106,135)(H,107,136)(H,108,115)(H,109,129)(H,110,130)(H,111,131)(H,112,132)/t40-,41-,42-,43-,44-,45-,46-,47-,48-,49-,50-,51-,52-,53-,54-,55-,59-,60-,61-,62-,63-/m0/s1. The van der Waals surface area contributed by atoms with Gasteiger partial charge in [0.05, 0.1) is 6.54 Å². The largest absolute Gasteiger partial charge is 0.508 e. The van der Waals surface area contributed by atoms with Crippen molar-refractivity contribution in [2.75, 3.05) is 32.7 Å². The van der Waals surface area contributed by atoms with Gasteiger partial charge in [-0.2, -0.15) is 0 Å². The van der Waals surface area contributed by atoms with Crippen LogP contribution in [0.25, 0.3) is 0 Å². The van der Waals surface area contributed by atoms with Gasteiger partial charge in [0.25, 0.3) is 0 Å². The molecule has 0 spiro atoms. The van der Waals surface area contributed by atoms with E-state index in [1.165, 1.54) is 142 Å². The van der Waals surface area contributed by atoms with E-state index in [1.54, 1.807) is 0 Å². The molecule has 1 aromatic rings. The summed E-state index contributed by atoms with van der Waals surface area (Å²) in [4.78, 5) is 303. The second-order valence-corrected chi connectivity index (χ2v) is 33.4. The van der Waals surface area contributed by atoms with E-state index in [1.807, 2.05) is 0 Å². The highest BCUT2D eigenvalue weighted by molar-refractivity contribution is 6.02. The van der Waals surface area contributed by atoms with Crippen LogP contribution in [0, 0.1) is 0 Å². The van der Waals surface area contributed by atoms with Gasteiger partial charge in [0.1, 0.15) is 133 Å². The van der Waals surface area contributed by atoms with Crippen molar-refractivity contribution < 1.29 is 115 Å². The SMILES string of the molecule is CC(=O)N[C@@H](C)C(=O)N[C@@H](C)C(=O)N[C@@H](CCCCN)C(=O)N[C@@H](C)C(=O)N[C@@H](C)C(=O)N[C@@H](C)C(=O)N[C@@H](C)C(=O)N[C@@H](CCCCN)C(=O)N[C@@H](C)C(=O)N[C@@H](C)C(=O)N[C@@H](C)C(=O)N[C@@H](C)C(=O)N[C@@H](CCCCN)C(=O)N[C@@H](C)C(=O)N[C@@H](C)C(=O)N[C@@H](C)C(=O)N[C@@H](C)C(=O)N[C@@H](CCCCN)C(=O)N[C@@H](C)C(=O)N[C@@H](C)C(=O)NCC(=O)N[C@@H](Cc1ccc(O)cc1)C(N)=O. The van der Waals surface area contributed by atoms with E-state index in [-0.39, 0.29) is 64.0 Å². The molecule has 1 rings (SSSR count). The van der Waals surface area contributed by atoms with Crippen molar-refractivity contribution in [1.82, 2.24) is 117 Å². The maximum absolute atomic E-state index is 13.8. The number of amides is 23. The van der Waals surface area contributed by atoms with Crippen LogP contribution in [0.2, 0.25) is 0 Å². The summed E-state index contributed by atoms with van der Waals surface area (Å²) in [5.74, 6) is -19.0. The van der Waals surface area contributed by atoms with Crippen LogP contribution in [-0.2, 0) is 117 Å². The Balaban J connectivity index is 2.88. The van der Waals surface area contributed by atoms with Crippen molar-refractivity contribution in [1.29, 1.82) is 0 Å². The Bertz CT molecular complexity index is 4280. The van der Waals surface area contributed by atoms with E-state index in [0.29, 0.717) is 56.9 Å². The zero-order chi connectivity index (χ0) is 104. The molecule has 0 unspecified atom stereocenters. The summed E-state index contributed by atoms with van der Waals surface area (Å²) >= 11 is 0. The monoisotopic (exact) mass is 1930 g/mol. The zero-order valence-electron chi connectivity index (χ0n) is 80.4. The topological polar surface area (TPSA) is 808 Å². The van der Waals surface area contributed by atoms with Crippen molar-refractivity contribution >= 4 is 136 Å². The van der Waals surface area contributed by atoms with E-state index in [9.17, 15) is 115 Å². The number of rotatable bonds is 62. The third-order valence-corrected chi connectivity index (χ3v) is 20.9. The fourth-order valence-corrected chi connectivity index (χ4v) is 12.2.